The molecule has 0 unspecified atom stereocenters. The van der Waals surface area contributed by atoms with Gasteiger partial charge < -0.3 is 4.74 Å². The summed E-state index contributed by atoms with van der Waals surface area (Å²) in [6, 6.07) is 10.7. The van der Waals surface area contributed by atoms with E-state index in [1.54, 1.807) is 24.3 Å². The number of carbonyl (C=O) groups excluding carboxylic acids is 1. The molecule has 0 fully saturated rings. The SMILES string of the molecule is Cc1cc(C)[nH+]c(NC(=O)COc2ccc(Cl)cc2)c1. The smallest absolute Gasteiger partial charge is 0.345 e. The quantitative estimate of drug-likeness (QED) is 0.942. The maximum atomic E-state index is 11.8. The number of anilines is 1. The van der Waals surface area contributed by atoms with Crippen molar-refractivity contribution in [2.24, 2.45) is 0 Å². The first kappa shape index (κ1) is 14.3. The fourth-order valence-corrected chi connectivity index (χ4v) is 1.95. The molecule has 104 valence electrons. The molecule has 4 nitrogen and oxygen atoms in total. The fraction of sp³-hybridized carbons (Fsp3) is 0.200. The summed E-state index contributed by atoms with van der Waals surface area (Å²) in [5.74, 6) is 1.04. The van der Waals surface area contributed by atoms with Gasteiger partial charge in [-0.25, -0.2) is 15.1 Å². The Morgan fingerprint density at radius 1 is 1.25 bits per heavy atom. The molecule has 2 aromatic rings. The van der Waals surface area contributed by atoms with Crippen LogP contribution < -0.4 is 15.0 Å². The Morgan fingerprint density at radius 3 is 2.60 bits per heavy atom. The van der Waals surface area contributed by atoms with Crippen LogP contribution in [0.5, 0.6) is 5.75 Å². The number of pyridine rings is 1. The highest BCUT2D eigenvalue weighted by atomic mass is 35.5. The van der Waals surface area contributed by atoms with E-state index in [-0.39, 0.29) is 12.5 Å². The maximum absolute atomic E-state index is 11.8. The van der Waals surface area contributed by atoms with Crippen molar-refractivity contribution in [3.8, 4) is 5.75 Å². The Hall–Kier alpha value is -2.07. The number of aryl methyl sites for hydroxylation is 2. The van der Waals surface area contributed by atoms with Gasteiger partial charge in [0.2, 0.25) is 0 Å². The molecule has 20 heavy (non-hydrogen) atoms. The third-order valence-electron chi connectivity index (χ3n) is 2.61. The highest BCUT2D eigenvalue weighted by Gasteiger charge is 2.11. The number of H-pyrrole nitrogens is 1. The number of carbonyl (C=O) groups is 1. The molecule has 0 bridgehead atoms. The van der Waals surface area contributed by atoms with E-state index >= 15 is 0 Å². The van der Waals surface area contributed by atoms with Crippen molar-refractivity contribution in [1.29, 1.82) is 0 Å². The number of nitrogens with one attached hydrogen (secondary N) is 2. The minimum atomic E-state index is -0.221. The predicted molar refractivity (Wildman–Crippen MR) is 78.0 cm³/mol. The monoisotopic (exact) mass is 291 g/mol. The molecule has 2 rings (SSSR count). The molecular formula is C15H16ClN2O2+. The van der Waals surface area contributed by atoms with Gasteiger partial charge in [0.25, 0.3) is 5.82 Å². The van der Waals surface area contributed by atoms with Crippen LogP contribution in [0, 0.1) is 13.8 Å². The van der Waals surface area contributed by atoms with E-state index in [2.05, 4.69) is 10.3 Å². The zero-order chi connectivity index (χ0) is 14.5. The van der Waals surface area contributed by atoms with Crippen molar-refractivity contribution in [2.75, 3.05) is 11.9 Å². The molecule has 0 aliphatic rings. The lowest BCUT2D eigenvalue weighted by molar-refractivity contribution is -0.370. The van der Waals surface area contributed by atoms with Crippen LogP contribution in [0.2, 0.25) is 5.02 Å². The van der Waals surface area contributed by atoms with Gasteiger partial charge in [0, 0.05) is 11.1 Å². The van der Waals surface area contributed by atoms with Gasteiger partial charge >= 0.3 is 5.91 Å². The number of amides is 1. The number of ether oxygens (including phenoxy) is 1. The van der Waals surface area contributed by atoms with Crippen molar-refractivity contribution in [3.63, 3.8) is 0 Å². The lowest BCUT2D eigenvalue weighted by Gasteiger charge is -2.04. The second kappa shape index (κ2) is 6.39. The third-order valence-corrected chi connectivity index (χ3v) is 2.86. The van der Waals surface area contributed by atoms with Gasteiger partial charge in [0.15, 0.2) is 6.61 Å². The van der Waals surface area contributed by atoms with Gasteiger partial charge in [-0.1, -0.05) is 11.6 Å². The maximum Gasteiger partial charge on any atom is 0.345 e. The molecule has 1 heterocycles. The number of aromatic nitrogens is 1. The summed E-state index contributed by atoms with van der Waals surface area (Å²) in [7, 11) is 0. The summed E-state index contributed by atoms with van der Waals surface area (Å²) in [6.07, 6.45) is 0. The Balaban J connectivity index is 1.90. The molecule has 1 aromatic carbocycles. The van der Waals surface area contributed by atoms with Crippen LogP contribution in [-0.2, 0) is 4.79 Å². The van der Waals surface area contributed by atoms with E-state index in [1.165, 1.54) is 0 Å². The third kappa shape index (κ3) is 4.24. The largest absolute Gasteiger partial charge is 0.481 e. The van der Waals surface area contributed by atoms with Crippen LogP contribution in [0.15, 0.2) is 36.4 Å². The van der Waals surface area contributed by atoms with E-state index < -0.39 is 0 Å². The number of hydrogen-bond donors (Lipinski definition) is 1. The molecule has 1 aromatic heterocycles. The topological polar surface area (TPSA) is 52.5 Å². The van der Waals surface area contributed by atoms with Gasteiger partial charge in [-0.2, -0.15) is 0 Å². The van der Waals surface area contributed by atoms with Crippen molar-refractivity contribution < 1.29 is 14.5 Å². The van der Waals surface area contributed by atoms with E-state index in [0.717, 1.165) is 11.3 Å². The summed E-state index contributed by atoms with van der Waals surface area (Å²) >= 11 is 5.77. The number of hydrogen-bond acceptors (Lipinski definition) is 2. The molecule has 0 saturated carbocycles. The number of aromatic amines is 1. The number of rotatable bonds is 4. The van der Waals surface area contributed by atoms with Crippen LogP contribution in [0.25, 0.3) is 0 Å². The van der Waals surface area contributed by atoms with Crippen molar-refractivity contribution in [2.45, 2.75) is 13.8 Å². The van der Waals surface area contributed by atoms with E-state index in [4.69, 9.17) is 16.3 Å². The standard InChI is InChI=1S/C15H15ClN2O2/c1-10-7-11(2)17-14(8-10)18-15(19)9-20-13-5-3-12(16)4-6-13/h3-8H,9H2,1-2H3,(H,17,18,19)/p+1. The normalized spacial score (nSPS) is 10.2. The molecule has 5 heteroatoms. The van der Waals surface area contributed by atoms with E-state index in [9.17, 15) is 4.79 Å². The molecule has 0 atom stereocenters. The average Bonchev–Trinajstić information content (AvgIpc) is 2.37. The van der Waals surface area contributed by atoms with Gasteiger partial charge in [0.1, 0.15) is 5.75 Å². The minimum Gasteiger partial charge on any atom is -0.481 e. The van der Waals surface area contributed by atoms with E-state index in [1.807, 2.05) is 26.0 Å². The van der Waals surface area contributed by atoms with Gasteiger partial charge in [0.05, 0.1) is 5.69 Å². The van der Waals surface area contributed by atoms with Crippen LogP contribution in [0.3, 0.4) is 0 Å². The zero-order valence-corrected chi connectivity index (χ0v) is 12.1. The highest BCUT2D eigenvalue weighted by molar-refractivity contribution is 6.30. The molecule has 0 radical (unpaired) electrons. The molecular weight excluding hydrogens is 276 g/mol. The van der Waals surface area contributed by atoms with Gasteiger partial charge in [-0.05, 0) is 49.7 Å². The van der Waals surface area contributed by atoms with Crippen LogP contribution in [0.1, 0.15) is 11.3 Å². The summed E-state index contributed by atoms with van der Waals surface area (Å²) in [5.41, 5.74) is 2.06. The molecule has 0 spiro atoms. The first-order valence-electron chi connectivity index (χ1n) is 6.22. The van der Waals surface area contributed by atoms with Crippen LogP contribution in [0.4, 0.5) is 5.82 Å². The Morgan fingerprint density at radius 2 is 1.95 bits per heavy atom. The molecule has 2 N–H and O–H groups in total. The molecule has 0 aliphatic carbocycles. The summed E-state index contributed by atoms with van der Waals surface area (Å²) < 4.78 is 5.37. The summed E-state index contributed by atoms with van der Waals surface area (Å²) in [5, 5.41) is 3.39. The van der Waals surface area contributed by atoms with Gasteiger partial charge in [-0.3, -0.25) is 0 Å². The summed E-state index contributed by atoms with van der Waals surface area (Å²) in [6.45, 7) is 3.86. The fourth-order valence-electron chi connectivity index (χ4n) is 1.83. The van der Waals surface area contributed by atoms with Gasteiger partial charge in [-0.15, -0.1) is 0 Å². The first-order valence-corrected chi connectivity index (χ1v) is 6.59. The first-order chi connectivity index (χ1) is 9.52. The van der Waals surface area contributed by atoms with Crippen LogP contribution in [-0.4, -0.2) is 12.5 Å². The highest BCUT2D eigenvalue weighted by Crippen LogP contribution is 2.15. The minimum absolute atomic E-state index is 0.0531. The van der Waals surface area contributed by atoms with Crippen molar-refractivity contribution in [3.05, 3.63) is 52.7 Å². The predicted octanol–water partition coefficient (Wildman–Crippen LogP) is 2.79. The van der Waals surface area contributed by atoms with Crippen molar-refractivity contribution >= 4 is 23.3 Å². The lowest BCUT2D eigenvalue weighted by atomic mass is 10.2. The second-order valence-electron chi connectivity index (χ2n) is 4.55. The Labute approximate surface area is 122 Å². The lowest BCUT2D eigenvalue weighted by Crippen LogP contribution is -2.25. The molecule has 0 saturated heterocycles. The van der Waals surface area contributed by atoms with E-state index in [0.29, 0.717) is 16.6 Å². The Kier molecular flexibility index (Phi) is 4.58. The number of halogens is 1. The van der Waals surface area contributed by atoms with Crippen molar-refractivity contribution in [1.82, 2.24) is 0 Å². The number of benzene rings is 1. The molecule has 0 aliphatic heterocycles. The average molecular weight is 292 g/mol. The summed E-state index contributed by atoms with van der Waals surface area (Å²) in [4.78, 5) is 14.9. The second-order valence-corrected chi connectivity index (χ2v) is 4.98. The molecule has 1 amide bonds. The Bertz CT molecular complexity index is 592. The van der Waals surface area contributed by atoms with Crippen LogP contribution >= 0.6 is 11.6 Å². The zero-order valence-electron chi connectivity index (χ0n) is 11.4.